The first-order valence-electron chi connectivity index (χ1n) is 9.24. The number of fused-ring (bicyclic) bond motifs is 3. The highest BCUT2D eigenvalue weighted by atomic mass is 16.5. The van der Waals surface area contributed by atoms with E-state index in [2.05, 4.69) is 9.88 Å². The van der Waals surface area contributed by atoms with E-state index in [-0.39, 0.29) is 18.4 Å². The Morgan fingerprint density at radius 3 is 2.50 bits per heavy atom. The molecule has 0 fully saturated rings. The molecule has 2 aromatic carbocycles. The topological polar surface area (TPSA) is 63.6 Å². The number of para-hydroxylation sites is 2. The summed E-state index contributed by atoms with van der Waals surface area (Å²) in [6.45, 7) is 2.65. The second kappa shape index (κ2) is 7.60. The van der Waals surface area contributed by atoms with Gasteiger partial charge in [0.05, 0.1) is 30.9 Å². The van der Waals surface area contributed by atoms with Crippen molar-refractivity contribution >= 4 is 23.4 Å². The Hall–Kier alpha value is -3.54. The molecule has 0 radical (unpaired) electrons. The minimum absolute atomic E-state index is 0.196. The van der Waals surface area contributed by atoms with Gasteiger partial charge in [0.2, 0.25) is 0 Å². The molecule has 6 nitrogen and oxygen atoms in total. The summed E-state index contributed by atoms with van der Waals surface area (Å²) in [5.41, 5.74) is 4.42. The molecular weight excluding hydrogens is 354 g/mol. The van der Waals surface area contributed by atoms with Crippen molar-refractivity contribution < 1.29 is 14.3 Å². The maximum absolute atomic E-state index is 12.9. The predicted octanol–water partition coefficient (Wildman–Crippen LogP) is 4.14. The van der Waals surface area contributed by atoms with E-state index in [9.17, 15) is 9.59 Å². The number of benzene rings is 2. The lowest BCUT2D eigenvalue weighted by Gasteiger charge is -2.31. The summed E-state index contributed by atoms with van der Waals surface area (Å²) in [5, 5.41) is 2.94. The fourth-order valence-corrected chi connectivity index (χ4v) is 3.38. The molecule has 2 amide bonds. The summed E-state index contributed by atoms with van der Waals surface area (Å²) in [6.07, 6.45) is 2.23. The maximum atomic E-state index is 12.9. The van der Waals surface area contributed by atoms with Crippen LogP contribution in [-0.2, 0) is 22.5 Å². The quantitative estimate of drug-likeness (QED) is 0.697. The van der Waals surface area contributed by atoms with Crippen LogP contribution in [-0.4, -0.2) is 23.2 Å². The summed E-state index contributed by atoms with van der Waals surface area (Å²) in [6, 6.07) is 18.9. The monoisotopic (exact) mass is 375 g/mol. The Kier molecular flexibility index (Phi) is 4.85. The van der Waals surface area contributed by atoms with Crippen LogP contribution in [0.1, 0.15) is 18.2 Å². The number of anilines is 2. The molecule has 2 heterocycles. The molecule has 0 unspecified atom stereocenters. The number of amides is 2. The van der Waals surface area contributed by atoms with Crippen molar-refractivity contribution in [2.75, 3.05) is 16.8 Å². The molecule has 142 valence electrons. The second-order valence-electron chi connectivity index (χ2n) is 6.55. The highest BCUT2D eigenvalue weighted by Gasteiger charge is 2.25. The van der Waals surface area contributed by atoms with Crippen molar-refractivity contribution in [3.63, 3.8) is 0 Å². The van der Waals surface area contributed by atoms with Crippen LogP contribution >= 0.6 is 0 Å². The van der Waals surface area contributed by atoms with E-state index in [4.69, 9.17) is 4.74 Å². The van der Waals surface area contributed by atoms with Crippen molar-refractivity contribution in [1.29, 1.82) is 0 Å². The number of carbonyl (C=O) groups excluding carboxylic acids is 2. The summed E-state index contributed by atoms with van der Waals surface area (Å²) < 4.78 is 7.06. The Labute approximate surface area is 163 Å². The van der Waals surface area contributed by atoms with Crippen molar-refractivity contribution in [2.24, 2.45) is 0 Å². The molecule has 28 heavy (non-hydrogen) atoms. The Morgan fingerprint density at radius 2 is 1.75 bits per heavy atom. The molecule has 1 aliphatic heterocycles. The Balaban J connectivity index is 1.49. The van der Waals surface area contributed by atoms with Crippen molar-refractivity contribution in [3.8, 4) is 5.69 Å². The van der Waals surface area contributed by atoms with Crippen molar-refractivity contribution in [1.82, 2.24) is 4.57 Å². The number of urea groups is 1. The fourth-order valence-electron chi connectivity index (χ4n) is 3.38. The van der Waals surface area contributed by atoms with Gasteiger partial charge in [-0.2, -0.15) is 0 Å². The molecule has 4 rings (SSSR count). The van der Waals surface area contributed by atoms with E-state index in [1.807, 2.05) is 54.7 Å². The first-order valence-corrected chi connectivity index (χ1v) is 9.24. The molecule has 0 bridgehead atoms. The minimum atomic E-state index is -0.257. The van der Waals surface area contributed by atoms with Crippen molar-refractivity contribution in [3.05, 3.63) is 78.1 Å². The molecule has 3 aromatic rings. The predicted molar refractivity (Wildman–Crippen MR) is 108 cm³/mol. The van der Waals surface area contributed by atoms with Crippen LogP contribution in [0.2, 0.25) is 0 Å². The average Bonchev–Trinajstić information content (AvgIpc) is 3.18. The third-order valence-corrected chi connectivity index (χ3v) is 4.69. The van der Waals surface area contributed by atoms with Crippen LogP contribution in [0.5, 0.6) is 0 Å². The van der Waals surface area contributed by atoms with Gasteiger partial charge in [-0.05, 0) is 48.9 Å². The largest absolute Gasteiger partial charge is 0.466 e. The summed E-state index contributed by atoms with van der Waals surface area (Å²) in [5.74, 6) is -0.257. The number of hydrogen-bond donors (Lipinski definition) is 1. The molecular formula is C22H21N3O3. The van der Waals surface area contributed by atoms with Gasteiger partial charge in [-0.15, -0.1) is 0 Å². The van der Waals surface area contributed by atoms with Crippen LogP contribution in [0.15, 0.2) is 66.9 Å². The number of nitrogens with zero attached hydrogens (tertiary/aromatic N) is 2. The molecule has 0 saturated heterocycles. The zero-order chi connectivity index (χ0) is 19.5. The van der Waals surface area contributed by atoms with Gasteiger partial charge in [0.1, 0.15) is 0 Å². The van der Waals surface area contributed by atoms with Crippen LogP contribution < -0.4 is 10.2 Å². The Morgan fingerprint density at radius 1 is 1.00 bits per heavy atom. The SMILES string of the molecule is CCOC(=O)Cc1ccc(NC(=O)N2Cc3cccn3-c3ccccc32)cc1. The number of esters is 1. The number of ether oxygens (including phenoxy) is 1. The van der Waals surface area contributed by atoms with Gasteiger partial charge < -0.3 is 14.6 Å². The number of hydrogen-bond acceptors (Lipinski definition) is 3. The number of rotatable bonds is 4. The van der Waals surface area contributed by atoms with Gasteiger partial charge in [0.15, 0.2) is 0 Å². The van der Waals surface area contributed by atoms with E-state index >= 15 is 0 Å². The van der Waals surface area contributed by atoms with E-state index in [1.54, 1.807) is 24.0 Å². The molecule has 0 atom stereocenters. The van der Waals surface area contributed by atoms with Crippen LogP contribution in [0.25, 0.3) is 5.69 Å². The highest BCUT2D eigenvalue weighted by molar-refractivity contribution is 6.03. The van der Waals surface area contributed by atoms with Gasteiger partial charge in [-0.25, -0.2) is 4.79 Å². The van der Waals surface area contributed by atoms with Crippen molar-refractivity contribution in [2.45, 2.75) is 19.9 Å². The van der Waals surface area contributed by atoms with Crippen LogP contribution in [0.4, 0.5) is 16.2 Å². The third-order valence-electron chi connectivity index (χ3n) is 4.69. The van der Waals surface area contributed by atoms with Gasteiger partial charge in [0.25, 0.3) is 0 Å². The lowest BCUT2D eigenvalue weighted by molar-refractivity contribution is -0.142. The maximum Gasteiger partial charge on any atom is 0.326 e. The lowest BCUT2D eigenvalue weighted by Crippen LogP contribution is -2.38. The molecule has 0 aliphatic carbocycles. The number of carbonyl (C=O) groups is 2. The molecule has 1 aliphatic rings. The molecule has 1 N–H and O–H groups in total. The van der Waals surface area contributed by atoms with E-state index in [0.717, 1.165) is 22.6 Å². The molecule has 0 spiro atoms. The van der Waals surface area contributed by atoms with E-state index in [0.29, 0.717) is 18.8 Å². The zero-order valence-electron chi connectivity index (χ0n) is 15.6. The van der Waals surface area contributed by atoms with Crippen LogP contribution in [0, 0.1) is 0 Å². The van der Waals surface area contributed by atoms with Gasteiger partial charge >= 0.3 is 12.0 Å². The summed E-state index contributed by atoms with van der Waals surface area (Å²) >= 11 is 0. The van der Waals surface area contributed by atoms with Crippen LogP contribution in [0.3, 0.4) is 0 Å². The second-order valence-corrected chi connectivity index (χ2v) is 6.55. The number of aromatic nitrogens is 1. The lowest BCUT2D eigenvalue weighted by atomic mass is 10.1. The summed E-state index contributed by atoms with van der Waals surface area (Å²) in [7, 11) is 0. The molecule has 1 aromatic heterocycles. The zero-order valence-corrected chi connectivity index (χ0v) is 15.6. The normalized spacial score (nSPS) is 12.1. The minimum Gasteiger partial charge on any atom is -0.466 e. The van der Waals surface area contributed by atoms with Gasteiger partial charge in [-0.3, -0.25) is 9.69 Å². The first-order chi connectivity index (χ1) is 13.7. The third kappa shape index (κ3) is 3.49. The standard InChI is InChI=1S/C22H21N3O3/c1-2-28-21(26)14-16-9-11-17(12-10-16)23-22(27)25-15-18-6-5-13-24(18)19-7-3-4-8-20(19)25/h3-13H,2,14-15H2,1H3,(H,23,27). The molecule has 6 heteroatoms. The first kappa shape index (κ1) is 17.9. The van der Waals surface area contributed by atoms with E-state index in [1.165, 1.54) is 0 Å². The van der Waals surface area contributed by atoms with Gasteiger partial charge in [-0.1, -0.05) is 24.3 Å². The average molecular weight is 375 g/mol. The number of nitrogens with one attached hydrogen (secondary N) is 1. The fraction of sp³-hybridized carbons (Fsp3) is 0.182. The Bertz CT molecular complexity index is 1010. The summed E-state index contributed by atoms with van der Waals surface area (Å²) in [4.78, 5) is 26.3. The van der Waals surface area contributed by atoms with Gasteiger partial charge in [0, 0.05) is 17.6 Å². The highest BCUT2D eigenvalue weighted by Crippen LogP contribution is 2.32. The molecule has 0 saturated carbocycles. The smallest absolute Gasteiger partial charge is 0.326 e. The van der Waals surface area contributed by atoms with E-state index < -0.39 is 0 Å².